The van der Waals surface area contributed by atoms with E-state index in [1.54, 1.807) is 12.5 Å². The highest BCUT2D eigenvalue weighted by Gasteiger charge is 2.14. The second-order valence-corrected chi connectivity index (χ2v) is 7.29. The maximum atomic E-state index is 12.4. The maximum Gasteiger partial charge on any atom is 0.250 e. The van der Waals surface area contributed by atoms with Crippen molar-refractivity contribution in [3.63, 3.8) is 0 Å². The average molecular weight is 399 g/mol. The Hall–Kier alpha value is -3.13. The van der Waals surface area contributed by atoms with Gasteiger partial charge in [-0.2, -0.15) is 0 Å². The predicted octanol–water partition coefficient (Wildman–Crippen LogP) is 3.58. The van der Waals surface area contributed by atoms with Crippen LogP contribution >= 0.6 is 11.3 Å². The fraction of sp³-hybridized carbons (Fsp3) is 0.250. The number of nitrogens with one attached hydrogen (secondary N) is 1. The highest BCUT2D eigenvalue weighted by atomic mass is 32.1. The molecule has 0 saturated heterocycles. The Balaban J connectivity index is 1.85. The fourth-order valence-electron chi connectivity index (χ4n) is 2.89. The lowest BCUT2D eigenvalue weighted by Crippen LogP contribution is -2.14. The summed E-state index contributed by atoms with van der Waals surface area (Å²) in [5.41, 5.74) is 9.04. The van der Waals surface area contributed by atoms with Crippen LogP contribution in [0.1, 0.15) is 29.5 Å². The van der Waals surface area contributed by atoms with Crippen LogP contribution in [0.4, 0.5) is 5.13 Å². The summed E-state index contributed by atoms with van der Waals surface area (Å²) in [5, 5.41) is 5.79. The summed E-state index contributed by atoms with van der Waals surface area (Å²) in [6.45, 7) is 5.75. The van der Waals surface area contributed by atoms with Gasteiger partial charge in [-0.3, -0.25) is 14.9 Å². The van der Waals surface area contributed by atoms with Gasteiger partial charge in [-0.1, -0.05) is 0 Å². The van der Waals surface area contributed by atoms with Crippen LogP contribution in [0.3, 0.4) is 0 Å². The quantitative estimate of drug-likeness (QED) is 0.616. The molecule has 0 radical (unpaired) electrons. The fourth-order valence-corrected chi connectivity index (χ4v) is 3.60. The van der Waals surface area contributed by atoms with Crippen molar-refractivity contribution in [1.29, 1.82) is 0 Å². The number of benzene rings is 1. The standard InChI is InChI=1S/C20H21N3O4S/c1-10(5-19(25)23-20-22-13(9-28-20)6-18(21)24)14-7-15-11(2)12(3)27-17(15)8-16(14)26-4/h5,7-9H,6H2,1-4H3,(H2,21,24)(H,22,23,25)/b10-5+. The number of hydrogen-bond acceptors (Lipinski definition) is 6. The molecule has 0 spiro atoms. The summed E-state index contributed by atoms with van der Waals surface area (Å²) in [7, 11) is 1.58. The molecule has 2 aromatic heterocycles. The zero-order chi connectivity index (χ0) is 20.4. The lowest BCUT2D eigenvalue weighted by atomic mass is 10.0. The Morgan fingerprint density at radius 1 is 1.36 bits per heavy atom. The molecule has 0 unspecified atom stereocenters. The van der Waals surface area contributed by atoms with Crippen LogP contribution in [0.15, 0.2) is 28.0 Å². The number of rotatable bonds is 6. The molecule has 0 aliphatic rings. The Morgan fingerprint density at radius 3 is 2.79 bits per heavy atom. The summed E-state index contributed by atoms with van der Waals surface area (Å²) in [6.07, 6.45) is 1.53. The van der Waals surface area contributed by atoms with Crippen molar-refractivity contribution in [2.24, 2.45) is 5.73 Å². The van der Waals surface area contributed by atoms with Crippen molar-refractivity contribution in [3.8, 4) is 5.75 Å². The molecule has 146 valence electrons. The van der Waals surface area contributed by atoms with E-state index < -0.39 is 5.91 Å². The highest BCUT2D eigenvalue weighted by Crippen LogP contribution is 2.34. The number of carbonyl (C=O) groups excluding carboxylic acids is 2. The molecule has 3 N–H and O–H groups in total. The third-order valence-corrected chi connectivity index (χ3v) is 5.21. The molecule has 0 fully saturated rings. The Morgan fingerprint density at radius 2 is 2.11 bits per heavy atom. The van der Waals surface area contributed by atoms with E-state index in [1.807, 2.05) is 32.9 Å². The van der Waals surface area contributed by atoms with Crippen LogP contribution in [0, 0.1) is 13.8 Å². The van der Waals surface area contributed by atoms with Crippen molar-refractivity contribution in [1.82, 2.24) is 4.98 Å². The zero-order valence-corrected chi connectivity index (χ0v) is 16.9. The van der Waals surface area contributed by atoms with E-state index in [4.69, 9.17) is 14.9 Å². The zero-order valence-electron chi connectivity index (χ0n) is 16.1. The first-order valence-corrected chi connectivity index (χ1v) is 9.46. The largest absolute Gasteiger partial charge is 0.496 e. The average Bonchev–Trinajstić information content (AvgIpc) is 3.17. The van der Waals surface area contributed by atoms with Gasteiger partial charge in [0.25, 0.3) is 0 Å². The van der Waals surface area contributed by atoms with Gasteiger partial charge >= 0.3 is 0 Å². The number of amides is 2. The molecule has 3 aromatic rings. The van der Waals surface area contributed by atoms with Crippen LogP contribution in [0.25, 0.3) is 16.5 Å². The van der Waals surface area contributed by atoms with Crippen molar-refractivity contribution in [2.75, 3.05) is 12.4 Å². The van der Waals surface area contributed by atoms with E-state index in [0.717, 1.165) is 33.4 Å². The van der Waals surface area contributed by atoms with Gasteiger partial charge in [0.1, 0.15) is 17.1 Å². The number of carbonyl (C=O) groups is 2. The van der Waals surface area contributed by atoms with Gasteiger partial charge in [-0.25, -0.2) is 4.98 Å². The third-order valence-electron chi connectivity index (χ3n) is 4.41. The van der Waals surface area contributed by atoms with E-state index >= 15 is 0 Å². The predicted molar refractivity (Wildman–Crippen MR) is 110 cm³/mol. The Labute approximate surface area is 166 Å². The number of hydrogen-bond donors (Lipinski definition) is 2. The van der Waals surface area contributed by atoms with Crippen molar-refractivity contribution in [2.45, 2.75) is 27.2 Å². The molecule has 1 aromatic carbocycles. The maximum absolute atomic E-state index is 12.4. The monoisotopic (exact) mass is 399 g/mol. The van der Waals surface area contributed by atoms with Crippen LogP contribution < -0.4 is 15.8 Å². The molecule has 0 aliphatic heterocycles. The van der Waals surface area contributed by atoms with E-state index in [0.29, 0.717) is 16.6 Å². The summed E-state index contributed by atoms with van der Waals surface area (Å²) >= 11 is 1.24. The molecule has 0 saturated carbocycles. The number of allylic oxidation sites excluding steroid dienone is 1. The second kappa shape index (κ2) is 7.85. The summed E-state index contributed by atoms with van der Waals surface area (Å²) in [5.74, 6) is 0.691. The number of furan rings is 1. The van der Waals surface area contributed by atoms with Gasteiger partial charge in [0.15, 0.2) is 5.13 Å². The normalized spacial score (nSPS) is 11.6. The van der Waals surface area contributed by atoms with E-state index in [1.165, 1.54) is 17.4 Å². The molecule has 3 rings (SSSR count). The number of primary amides is 1. The first-order valence-electron chi connectivity index (χ1n) is 8.58. The number of anilines is 1. The Bertz CT molecular complexity index is 1090. The molecule has 28 heavy (non-hydrogen) atoms. The minimum atomic E-state index is -0.466. The number of thiazole rings is 1. The van der Waals surface area contributed by atoms with Crippen LogP contribution in [-0.4, -0.2) is 23.9 Å². The molecule has 8 heteroatoms. The molecule has 0 atom stereocenters. The van der Waals surface area contributed by atoms with Crippen molar-refractivity contribution in [3.05, 3.63) is 46.2 Å². The highest BCUT2D eigenvalue weighted by molar-refractivity contribution is 7.14. The molecule has 2 heterocycles. The minimum absolute atomic E-state index is 0.0436. The topological polar surface area (TPSA) is 107 Å². The number of nitrogens with two attached hydrogens (primary N) is 1. The Kier molecular flexibility index (Phi) is 5.51. The molecule has 7 nitrogen and oxygen atoms in total. The third kappa shape index (κ3) is 4.07. The summed E-state index contributed by atoms with van der Waals surface area (Å²) in [4.78, 5) is 27.5. The van der Waals surface area contributed by atoms with Gasteiger partial charge in [0.2, 0.25) is 11.8 Å². The first kappa shape index (κ1) is 19.6. The number of nitrogens with zero attached hydrogens (tertiary/aromatic N) is 1. The lowest BCUT2D eigenvalue weighted by molar-refractivity contribution is -0.117. The van der Waals surface area contributed by atoms with Gasteiger partial charge in [0.05, 0.1) is 19.2 Å². The van der Waals surface area contributed by atoms with Crippen molar-refractivity contribution >= 4 is 44.8 Å². The number of aromatic nitrogens is 1. The smallest absolute Gasteiger partial charge is 0.250 e. The second-order valence-electron chi connectivity index (χ2n) is 6.44. The molecule has 0 aliphatic carbocycles. The number of ether oxygens (including phenoxy) is 1. The van der Waals surface area contributed by atoms with E-state index in [2.05, 4.69) is 10.3 Å². The minimum Gasteiger partial charge on any atom is -0.496 e. The molecular formula is C20H21N3O4S. The van der Waals surface area contributed by atoms with E-state index in [9.17, 15) is 9.59 Å². The lowest BCUT2D eigenvalue weighted by Gasteiger charge is -2.09. The molecule has 2 amide bonds. The van der Waals surface area contributed by atoms with Crippen LogP contribution in [-0.2, 0) is 16.0 Å². The summed E-state index contributed by atoms with van der Waals surface area (Å²) in [6, 6.07) is 3.80. The molecule has 0 bridgehead atoms. The van der Waals surface area contributed by atoms with Gasteiger partial charge in [-0.05, 0) is 38.0 Å². The number of fused-ring (bicyclic) bond motifs is 1. The van der Waals surface area contributed by atoms with Crippen molar-refractivity contribution < 1.29 is 18.7 Å². The van der Waals surface area contributed by atoms with Crippen LogP contribution in [0.5, 0.6) is 5.75 Å². The number of aryl methyl sites for hydroxylation is 2. The van der Waals surface area contributed by atoms with Gasteiger partial charge < -0.3 is 14.9 Å². The van der Waals surface area contributed by atoms with Gasteiger partial charge in [-0.15, -0.1) is 11.3 Å². The number of methoxy groups -OCH3 is 1. The first-order chi connectivity index (χ1) is 13.3. The molecular weight excluding hydrogens is 378 g/mol. The summed E-state index contributed by atoms with van der Waals surface area (Å²) < 4.78 is 11.2. The van der Waals surface area contributed by atoms with Crippen LogP contribution in [0.2, 0.25) is 0 Å². The SMILES string of the molecule is COc1cc2oc(C)c(C)c2cc1/C(C)=C/C(=O)Nc1nc(CC(N)=O)cs1. The van der Waals surface area contributed by atoms with E-state index in [-0.39, 0.29) is 12.3 Å². The van der Waals surface area contributed by atoms with Gasteiger partial charge in [0, 0.05) is 28.5 Å².